The van der Waals surface area contributed by atoms with Gasteiger partial charge in [0.25, 0.3) is 5.91 Å². The Bertz CT molecular complexity index is 925. The van der Waals surface area contributed by atoms with E-state index in [-0.39, 0.29) is 11.9 Å². The molecule has 27 heavy (non-hydrogen) atoms. The third-order valence-electron chi connectivity index (χ3n) is 5.15. The van der Waals surface area contributed by atoms with Crippen molar-refractivity contribution in [3.8, 4) is 11.3 Å². The lowest BCUT2D eigenvalue weighted by molar-refractivity contribution is 0.0665. The number of aryl methyl sites for hydroxylation is 2. The number of hydrogen-bond acceptors (Lipinski definition) is 3. The van der Waals surface area contributed by atoms with Crippen LogP contribution in [-0.4, -0.2) is 36.8 Å². The fourth-order valence-corrected chi connectivity index (χ4v) is 3.29. The Morgan fingerprint density at radius 3 is 2.56 bits per heavy atom. The summed E-state index contributed by atoms with van der Waals surface area (Å²) < 4.78 is 1.84. The van der Waals surface area contributed by atoms with Gasteiger partial charge >= 0.3 is 0 Å². The molecule has 3 rings (SSSR count). The van der Waals surface area contributed by atoms with Crippen molar-refractivity contribution < 1.29 is 4.79 Å². The predicted octanol–water partition coefficient (Wildman–Crippen LogP) is 3.87. The quantitative estimate of drug-likeness (QED) is 0.721. The highest BCUT2D eigenvalue weighted by atomic mass is 16.2. The summed E-state index contributed by atoms with van der Waals surface area (Å²) in [6.07, 6.45) is 0.889. The van der Waals surface area contributed by atoms with Crippen LogP contribution in [0.5, 0.6) is 0 Å². The van der Waals surface area contributed by atoms with E-state index < -0.39 is 0 Å². The molecule has 0 saturated carbocycles. The van der Waals surface area contributed by atoms with Gasteiger partial charge in [0.1, 0.15) is 5.69 Å². The second-order valence-electron chi connectivity index (χ2n) is 7.01. The molecule has 0 aliphatic rings. The highest BCUT2D eigenvalue weighted by Gasteiger charge is 2.24. The lowest BCUT2D eigenvalue weighted by atomic mass is 10.1. The fraction of sp³-hybridized carbons (Fsp3) is 0.381. The van der Waals surface area contributed by atoms with Crippen LogP contribution in [-0.2, 0) is 13.6 Å². The summed E-state index contributed by atoms with van der Waals surface area (Å²) in [5.74, 6) is -0.0360. The molecule has 0 radical (unpaired) electrons. The van der Waals surface area contributed by atoms with Gasteiger partial charge in [0.2, 0.25) is 0 Å². The average molecular weight is 365 g/mol. The van der Waals surface area contributed by atoms with Gasteiger partial charge < -0.3 is 4.90 Å². The zero-order valence-electron chi connectivity index (χ0n) is 16.7. The lowest BCUT2D eigenvalue weighted by Gasteiger charge is -2.28. The molecule has 2 heterocycles. The molecule has 1 N–H and O–H groups in total. The van der Waals surface area contributed by atoms with Crippen LogP contribution in [0.3, 0.4) is 0 Å². The Hall–Kier alpha value is -2.89. The average Bonchev–Trinajstić information content (AvgIpc) is 3.24. The molecule has 1 amide bonds. The summed E-state index contributed by atoms with van der Waals surface area (Å²) in [6.45, 7) is 8.71. The van der Waals surface area contributed by atoms with Gasteiger partial charge in [0, 0.05) is 30.9 Å². The molecule has 1 aromatic carbocycles. The van der Waals surface area contributed by atoms with E-state index in [4.69, 9.17) is 0 Å². The Kier molecular flexibility index (Phi) is 5.44. The number of carbonyl (C=O) groups excluding carboxylic acids is 1. The Balaban J connectivity index is 1.89. The standard InChI is InChI=1S/C21H27N5O/c1-6-14(2)26(13-17-10-8-7-9-11-17)21(27)19-12-18(22-23-19)20-15(3)24-25(5)16(20)4/h7-12,14H,6,13H2,1-5H3,(H,22,23). The van der Waals surface area contributed by atoms with Crippen molar-refractivity contribution in [1.82, 2.24) is 24.9 Å². The summed E-state index contributed by atoms with van der Waals surface area (Å²) in [5, 5.41) is 11.8. The van der Waals surface area contributed by atoms with Crippen molar-refractivity contribution in [2.75, 3.05) is 0 Å². The van der Waals surface area contributed by atoms with E-state index in [1.54, 1.807) is 0 Å². The van der Waals surface area contributed by atoms with Crippen molar-refractivity contribution in [2.45, 2.75) is 46.7 Å². The van der Waals surface area contributed by atoms with Crippen LogP contribution in [0.1, 0.15) is 47.7 Å². The van der Waals surface area contributed by atoms with Gasteiger partial charge in [-0.15, -0.1) is 0 Å². The summed E-state index contributed by atoms with van der Waals surface area (Å²) in [4.78, 5) is 15.1. The fourth-order valence-electron chi connectivity index (χ4n) is 3.29. The van der Waals surface area contributed by atoms with Crippen LogP contribution in [0.2, 0.25) is 0 Å². The summed E-state index contributed by atoms with van der Waals surface area (Å²) in [5.41, 5.74) is 5.29. The molecule has 1 unspecified atom stereocenters. The van der Waals surface area contributed by atoms with Crippen molar-refractivity contribution in [3.05, 3.63) is 59.0 Å². The van der Waals surface area contributed by atoms with Crippen molar-refractivity contribution in [3.63, 3.8) is 0 Å². The van der Waals surface area contributed by atoms with Gasteiger partial charge in [-0.3, -0.25) is 14.6 Å². The molecule has 0 aliphatic heterocycles. The van der Waals surface area contributed by atoms with Gasteiger partial charge in [0.05, 0.1) is 11.4 Å². The largest absolute Gasteiger partial charge is 0.330 e. The van der Waals surface area contributed by atoms with Crippen molar-refractivity contribution in [1.29, 1.82) is 0 Å². The molecular formula is C21H27N5O. The van der Waals surface area contributed by atoms with E-state index in [0.717, 1.165) is 34.6 Å². The number of hydrogen-bond donors (Lipinski definition) is 1. The number of nitrogens with zero attached hydrogens (tertiary/aromatic N) is 4. The van der Waals surface area contributed by atoms with Gasteiger partial charge in [-0.2, -0.15) is 10.2 Å². The van der Waals surface area contributed by atoms with E-state index in [2.05, 4.69) is 29.1 Å². The minimum absolute atomic E-state index is 0.0360. The Morgan fingerprint density at radius 1 is 1.26 bits per heavy atom. The molecule has 3 aromatic rings. The number of rotatable bonds is 6. The smallest absolute Gasteiger partial charge is 0.272 e. The van der Waals surface area contributed by atoms with Crippen LogP contribution < -0.4 is 0 Å². The van der Waals surface area contributed by atoms with Crippen molar-refractivity contribution in [2.24, 2.45) is 7.05 Å². The van der Waals surface area contributed by atoms with Crippen LogP contribution in [0, 0.1) is 13.8 Å². The molecular weight excluding hydrogens is 338 g/mol. The molecule has 0 saturated heterocycles. The van der Waals surface area contributed by atoms with Crippen LogP contribution in [0.4, 0.5) is 0 Å². The minimum atomic E-state index is -0.0360. The first-order valence-corrected chi connectivity index (χ1v) is 9.33. The molecule has 6 heteroatoms. The maximum Gasteiger partial charge on any atom is 0.272 e. The van der Waals surface area contributed by atoms with Crippen molar-refractivity contribution >= 4 is 5.91 Å². The minimum Gasteiger partial charge on any atom is -0.330 e. The van der Waals surface area contributed by atoms with Crippen LogP contribution >= 0.6 is 0 Å². The molecule has 0 spiro atoms. The van der Waals surface area contributed by atoms with Gasteiger partial charge in [-0.05, 0) is 38.8 Å². The number of amides is 1. The highest BCUT2D eigenvalue weighted by molar-refractivity contribution is 5.93. The zero-order chi connectivity index (χ0) is 19.6. The molecule has 1 atom stereocenters. The Morgan fingerprint density at radius 2 is 1.96 bits per heavy atom. The van der Waals surface area contributed by atoms with E-state index in [0.29, 0.717) is 12.2 Å². The van der Waals surface area contributed by atoms with Crippen LogP contribution in [0.25, 0.3) is 11.3 Å². The number of benzene rings is 1. The number of H-pyrrole nitrogens is 1. The highest BCUT2D eigenvalue weighted by Crippen LogP contribution is 2.26. The maximum atomic E-state index is 13.2. The summed E-state index contributed by atoms with van der Waals surface area (Å²) >= 11 is 0. The van der Waals surface area contributed by atoms with E-state index in [1.165, 1.54) is 0 Å². The number of aromatic amines is 1. The third-order valence-corrected chi connectivity index (χ3v) is 5.15. The number of nitrogens with one attached hydrogen (secondary N) is 1. The summed E-state index contributed by atoms with van der Waals surface area (Å²) in [6, 6.07) is 12.0. The molecule has 0 bridgehead atoms. The SMILES string of the molecule is CCC(C)N(Cc1ccccc1)C(=O)c1cc(-c2c(C)nn(C)c2C)n[nH]1. The van der Waals surface area contributed by atoms with Crippen LogP contribution in [0.15, 0.2) is 36.4 Å². The maximum absolute atomic E-state index is 13.2. The van der Waals surface area contributed by atoms with Gasteiger partial charge in [-0.1, -0.05) is 37.3 Å². The van der Waals surface area contributed by atoms with E-state index in [1.807, 2.05) is 66.9 Å². The van der Waals surface area contributed by atoms with E-state index >= 15 is 0 Å². The molecule has 0 fully saturated rings. The molecule has 0 aliphatic carbocycles. The first kappa shape index (κ1) is 18.9. The normalized spacial score (nSPS) is 12.2. The second kappa shape index (κ2) is 7.78. The van der Waals surface area contributed by atoms with Gasteiger partial charge in [0.15, 0.2) is 0 Å². The number of carbonyl (C=O) groups is 1. The monoisotopic (exact) mass is 365 g/mol. The van der Waals surface area contributed by atoms with Gasteiger partial charge in [-0.25, -0.2) is 0 Å². The predicted molar refractivity (Wildman–Crippen MR) is 106 cm³/mol. The lowest BCUT2D eigenvalue weighted by Crippen LogP contribution is -2.38. The number of aromatic nitrogens is 4. The zero-order valence-corrected chi connectivity index (χ0v) is 16.7. The van der Waals surface area contributed by atoms with E-state index in [9.17, 15) is 4.79 Å². The summed E-state index contributed by atoms with van der Waals surface area (Å²) in [7, 11) is 1.91. The molecule has 142 valence electrons. The molecule has 6 nitrogen and oxygen atoms in total. The first-order valence-electron chi connectivity index (χ1n) is 9.33. The topological polar surface area (TPSA) is 66.8 Å². The second-order valence-corrected chi connectivity index (χ2v) is 7.01. The third kappa shape index (κ3) is 3.79. The molecule has 2 aromatic heterocycles. The first-order chi connectivity index (χ1) is 12.9. The Labute approximate surface area is 160 Å².